The zero-order valence-corrected chi connectivity index (χ0v) is 14.7. The smallest absolute Gasteiger partial charge is 0.273 e. The molecule has 1 fully saturated rings. The summed E-state index contributed by atoms with van der Waals surface area (Å²) in [6.07, 6.45) is 3.37. The van der Waals surface area contributed by atoms with E-state index in [2.05, 4.69) is 22.2 Å². The van der Waals surface area contributed by atoms with E-state index in [0.717, 1.165) is 32.4 Å². The molecule has 0 atom stereocenters. The second kappa shape index (κ2) is 8.45. The summed E-state index contributed by atoms with van der Waals surface area (Å²) in [6, 6.07) is 0. The first kappa shape index (κ1) is 17.9. The predicted molar refractivity (Wildman–Crippen MR) is 88.8 cm³/mol. The van der Waals surface area contributed by atoms with Crippen LogP contribution in [0.25, 0.3) is 0 Å². The Hall–Kier alpha value is -1.40. The van der Waals surface area contributed by atoms with Gasteiger partial charge in [0.15, 0.2) is 11.6 Å². The summed E-state index contributed by atoms with van der Waals surface area (Å²) in [7, 11) is 2.14. The quantitative estimate of drug-likeness (QED) is 0.780. The molecule has 2 heterocycles. The van der Waals surface area contributed by atoms with E-state index in [0.29, 0.717) is 36.6 Å². The van der Waals surface area contributed by atoms with Crippen molar-refractivity contribution in [1.29, 1.82) is 0 Å². The van der Waals surface area contributed by atoms with Crippen molar-refractivity contribution >= 4 is 5.91 Å². The number of nitrogens with zero attached hydrogens (tertiary/aromatic N) is 2. The number of likely N-dealkylation sites (tertiary alicyclic amines) is 1. The minimum atomic E-state index is -0.169. The number of ether oxygens (including phenoxy) is 1. The number of carbonyl (C=O) groups excluding carboxylic acids is 1. The fraction of sp³-hybridized carbons (Fsp3) is 0.765. The molecule has 1 aromatic heterocycles. The van der Waals surface area contributed by atoms with E-state index in [1.807, 2.05) is 13.8 Å². The normalized spacial score (nSPS) is 16.9. The van der Waals surface area contributed by atoms with E-state index in [4.69, 9.17) is 9.15 Å². The largest absolute Gasteiger partial charge is 0.445 e. The number of amides is 1. The van der Waals surface area contributed by atoms with Gasteiger partial charge in [0, 0.05) is 32.2 Å². The van der Waals surface area contributed by atoms with Crippen LogP contribution in [0.1, 0.15) is 61.2 Å². The number of hydrogen-bond acceptors (Lipinski definition) is 5. The molecule has 0 spiro atoms. The number of carbonyl (C=O) groups is 1. The molecule has 0 unspecified atom stereocenters. The van der Waals surface area contributed by atoms with Gasteiger partial charge in [-0.3, -0.25) is 4.79 Å². The summed E-state index contributed by atoms with van der Waals surface area (Å²) in [6.45, 7) is 9.24. The fourth-order valence-corrected chi connectivity index (χ4v) is 2.63. The van der Waals surface area contributed by atoms with Crippen LogP contribution >= 0.6 is 0 Å². The maximum Gasteiger partial charge on any atom is 0.273 e. The molecule has 1 aliphatic heterocycles. The lowest BCUT2D eigenvalue weighted by atomic mass is 10.1. The first-order valence-electron chi connectivity index (χ1n) is 8.53. The minimum Gasteiger partial charge on any atom is -0.445 e. The zero-order valence-electron chi connectivity index (χ0n) is 14.7. The molecule has 2 rings (SSSR count). The molecular weight excluding hydrogens is 294 g/mol. The van der Waals surface area contributed by atoms with Crippen LogP contribution in [0.15, 0.2) is 4.42 Å². The molecule has 1 aromatic rings. The molecule has 1 N–H and O–H groups in total. The number of aryl methyl sites for hydroxylation is 1. The SMILES string of the molecule is Cc1oc(C(C)C)nc1C(=O)NCCCOC1CCN(C)CC1. The lowest BCUT2D eigenvalue weighted by Gasteiger charge is -2.28. The van der Waals surface area contributed by atoms with Crippen LogP contribution in [0.3, 0.4) is 0 Å². The van der Waals surface area contributed by atoms with E-state index in [1.54, 1.807) is 6.92 Å². The first-order valence-corrected chi connectivity index (χ1v) is 8.53. The van der Waals surface area contributed by atoms with Gasteiger partial charge >= 0.3 is 0 Å². The average molecular weight is 323 g/mol. The molecule has 0 radical (unpaired) electrons. The molecule has 1 amide bonds. The zero-order chi connectivity index (χ0) is 16.8. The third-order valence-electron chi connectivity index (χ3n) is 4.15. The highest BCUT2D eigenvalue weighted by Gasteiger charge is 2.19. The lowest BCUT2D eigenvalue weighted by molar-refractivity contribution is 0.0117. The van der Waals surface area contributed by atoms with Crippen molar-refractivity contribution in [1.82, 2.24) is 15.2 Å². The number of piperidine rings is 1. The van der Waals surface area contributed by atoms with Crippen molar-refractivity contribution in [2.75, 3.05) is 33.3 Å². The van der Waals surface area contributed by atoms with Gasteiger partial charge in [0.2, 0.25) is 0 Å². The molecule has 1 aliphatic rings. The van der Waals surface area contributed by atoms with Gasteiger partial charge in [0.25, 0.3) is 5.91 Å². The second-order valence-electron chi connectivity index (χ2n) is 6.59. The minimum absolute atomic E-state index is 0.169. The molecule has 6 heteroatoms. The van der Waals surface area contributed by atoms with E-state index in [-0.39, 0.29) is 11.8 Å². The van der Waals surface area contributed by atoms with Crippen LogP contribution in [-0.2, 0) is 4.74 Å². The number of aromatic nitrogens is 1. The summed E-state index contributed by atoms with van der Waals surface area (Å²) in [5, 5.41) is 2.89. The van der Waals surface area contributed by atoms with E-state index >= 15 is 0 Å². The van der Waals surface area contributed by atoms with Gasteiger partial charge in [0.1, 0.15) is 5.76 Å². The fourth-order valence-electron chi connectivity index (χ4n) is 2.63. The predicted octanol–water partition coefficient (Wildman–Crippen LogP) is 2.34. The molecule has 6 nitrogen and oxygen atoms in total. The van der Waals surface area contributed by atoms with Gasteiger partial charge in [-0.2, -0.15) is 0 Å². The van der Waals surface area contributed by atoms with Crippen molar-refractivity contribution < 1.29 is 13.9 Å². The molecule has 0 bridgehead atoms. The monoisotopic (exact) mass is 323 g/mol. The Morgan fingerprint density at radius 2 is 2.13 bits per heavy atom. The van der Waals surface area contributed by atoms with Crippen molar-refractivity contribution in [2.45, 2.75) is 52.1 Å². The maximum atomic E-state index is 12.1. The summed E-state index contributed by atoms with van der Waals surface area (Å²) >= 11 is 0. The van der Waals surface area contributed by atoms with Gasteiger partial charge < -0.3 is 19.4 Å². The van der Waals surface area contributed by atoms with Gasteiger partial charge in [-0.25, -0.2) is 4.98 Å². The summed E-state index contributed by atoms with van der Waals surface area (Å²) in [5.74, 6) is 1.20. The number of hydrogen-bond donors (Lipinski definition) is 1. The third-order valence-corrected chi connectivity index (χ3v) is 4.15. The Morgan fingerprint density at radius 3 is 2.74 bits per heavy atom. The van der Waals surface area contributed by atoms with Gasteiger partial charge in [-0.15, -0.1) is 0 Å². The standard InChI is InChI=1S/C17H29N3O3/c1-12(2)17-19-15(13(3)23-17)16(21)18-8-5-11-22-14-6-9-20(4)10-7-14/h12,14H,5-11H2,1-4H3,(H,18,21). The lowest BCUT2D eigenvalue weighted by Crippen LogP contribution is -2.34. The van der Waals surface area contributed by atoms with E-state index < -0.39 is 0 Å². The Bertz CT molecular complexity index is 505. The molecule has 0 aliphatic carbocycles. The highest BCUT2D eigenvalue weighted by molar-refractivity contribution is 5.93. The van der Waals surface area contributed by atoms with Crippen LogP contribution in [-0.4, -0.2) is 55.2 Å². The van der Waals surface area contributed by atoms with Crippen molar-refractivity contribution in [3.05, 3.63) is 17.3 Å². The molecule has 23 heavy (non-hydrogen) atoms. The third kappa shape index (κ3) is 5.32. The summed E-state index contributed by atoms with van der Waals surface area (Å²) in [5.41, 5.74) is 0.393. The van der Waals surface area contributed by atoms with Crippen LogP contribution in [0.5, 0.6) is 0 Å². The summed E-state index contributed by atoms with van der Waals surface area (Å²) < 4.78 is 11.4. The average Bonchev–Trinajstić information content (AvgIpc) is 2.91. The second-order valence-corrected chi connectivity index (χ2v) is 6.59. The van der Waals surface area contributed by atoms with E-state index in [9.17, 15) is 4.79 Å². The van der Waals surface area contributed by atoms with Crippen LogP contribution in [0.2, 0.25) is 0 Å². The highest BCUT2D eigenvalue weighted by Crippen LogP contribution is 2.17. The Balaban J connectivity index is 1.65. The molecule has 0 saturated carbocycles. The van der Waals surface area contributed by atoms with Crippen molar-refractivity contribution in [3.63, 3.8) is 0 Å². The maximum absolute atomic E-state index is 12.1. The van der Waals surface area contributed by atoms with E-state index in [1.165, 1.54) is 0 Å². The Kier molecular flexibility index (Phi) is 6.59. The van der Waals surface area contributed by atoms with Crippen LogP contribution < -0.4 is 5.32 Å². The molecule has 0 aromatic carbocycles. The first-order chi connectivity index (χ1) is 11.0. The topological polar surface area (TPSA) is 67.6 Å². The van der Waals surface area contributed by atoms with Crippen LogP contribution in [0, 0.1) is 6.92 Å². The summed E-state index contributed by atoms with van der Waals surface area (Å²) in [4.78, 5) is 18.7. The molecule has 130 valence electrons. The number of oxazole rings is 1. The van der Waals surface area contributed by atoms with Crippen LogP contribution in [0.4, 0.5) is 0 Å². The molecule has 1 saturated heterocycles. The number of rotatable bonds is 7. The van der Waals surface area contributed by atoms with Crippen molar-refractivity contribution in [3.8, 4) is 0 Å². The number of nitrogens with one attached hydrogen (secondary N) is 1. The van der Waals surface area contributed by atoms with Gasteiger partial charge in [0.05, 0.1) is 6.10 Å². The Labute approximate surface area is 138 Å². The highest BCUT2D eigenvalue weighted by atomic mass is 16.5. The van der Waals surface area contributed by atoms with Crippen molar-refractivity contribution in [2.24, 2.45) is 0 Å². The molecular formula is C17H29N3O3. The van der Waals surface area contributed by atoms with Gasteiger partial charge in [-0.1, -0.05) is 13.8 Å². The Morgan fingerprint density at radius 1 is 1.43 bits per heavy atom. The van der Waals surface area contributed by atoms with Gasteiger partial charge in [-0.05, 0) is 33.2 Å².